The van der Waals surface area contributed by atoms with Gasteiger partial charge in [0.25, 0.3) is 0 Å². The Hall–Kier alpha value is -2.86. The average Bonchev–Trinajstić information content (AvgIpc) is 2.62. The fourth-order valence-electron chi connectivity index (χ4n) is 3.58. The van der Waals surface area contributed by atoms with Crippen LogP contribution in [0.5, 0.6) is 5.75 Å². The van der Waals surface area contributed by atoms with Crippen LogP contribution >= 0.6 is 0 Å². The van der Waals surface area contributed by atoms with E-state index in [0.717, 1.165) is 16.8 Å². The lowest BCUT2D eigenvalue weighted by molar-refractivity contribution is -0.0398. The van der Waals surface area contributed by atoms with Crippen molar-refractivity contribution in [3.63, 3.8) is 0 Å². The van der Waals surface area contributed by atoms with E-state index in [-0.39, 0.29) is 24.2 Å². The second-order valence-electron chi connectivity index (χ2n) is 7.18. The first-order chi connectivity index (χ1) is 12.8. The molecule has 1 aliphatic rings. The zero-order valence-electron chi connectivity index (χ0n) is 15.4. The third-order valence-electron chi connectivity index (χ3n) is 5.01. The second-order valence-corrected chi connectivity index (χ2v) is 7.18. The largest absolute Gasteiger partial charge is 0.484 e. The number of carbonyl (C=O) groups is 1. The summed E-state index contributed by atoms with van der Waals surface area (Å²) in [5, 5.41) is 12.5. The molecular weight excluding hydrogens is 348 g/mol. The lowest BCUT2D eigenvalue weighted by Gasteiger charge is -2.37. The van der Waals surface area contributed by atoms with Crippen LogP contribution in [0, 0.1) is 0 Å². The lowest BCUT2D eigenvalue weighted by Crippen LogP contribution is -2.46. The van der Waals surface area contributed by atoms with E-state index in [2.05, 4.69) is 0 Å². The molecule has 1 N–H and O–H groups in total. The Kier molecular flexibility index (Phi) is 3.96. The van der Waals surface area contributed by atoms with Gasteiger partial charge in [0.15, 0.2) is 0 Å². The molecule has 0 radical (unpaired) electrons. The Morgan fingerprint density at radius 2 is 2.00 bits per heavy atom. The van der Waals surface area contributed by atoms with Crippen molar-refractivity contribution in [1.82, 2.24) is 0 Å². The Labute approximate surface area is 155 Å². The number of fused-ring (bicyclic) bond motifs is 6. The van der Waals surface area contributed by atoms with E-state index < -0.39 is 23.3 Å². The van der Waals surface area contributed by atoms with Gasteiger partial charge < -0.3 is 19.0 Å². The van der Waals surface area contributed by atoms with Crippen molar-refractivity contribution >= 4 is 27.7 Å². The minimum absolute atomic E-state index is 0.154. The monoisotopic (exact) mass is 368 g/mol. The number of hydrogen-bond donors (Lipinski definition) is 1. The molecule has 1 atom stereocenters. The minimum Gasteiger partial charge on any atom is -0.484 e. The predicted molar refractivity (Wildman–Crippen MR) is 100 cm³/mol. The number of esters is 1. The summed E-state index contributed by atoms with van der Waals surface area (Å²) in [5.74, 6) is -0.0179. The van der Waals surface area contributed by atoms with Crippen LogP contribution in [0.25, 0.3) is 21.7 Å². The summed E-state index contributed by atoms with van der Waals surface area (Å²) in [4.78, 5) is 24.7. The van der Waals surface area contributed by atoms with Gasteiger partial charge in [0.05, 0.1) is 18.3 Å². The van der Waals surface area contributed by atoms with Gasteiger partial charge in [0.2, 0.25) is 0 Å². The van der Waals surface area contributed by atoms with Crippen LogP contribution in [0.1, 0.15) is 36.7 Å². The number of hydrogen-bond acceptors (Lipinski definition) is 6. The van der Waals surface area contributed by atoms with Crippen molar-refractivity contribution in [2.75, 3.05) is 6.61 Å². The molecule has 1 unspecified atom stereocenters. The van der Waals surface area contributed by atoms with Crippen LogP contribution in [-0.4, -0.2) is 29.4 Å². The van der Waals surface area contributed by atoms with Crippen LogP contribution in [0.2, 0.25) is 0 Å². The van der Waals surface area contributed by atoms with Crippen molar-refractivity contribution in [1.29, 1.82) is 0 Å². The molecule has 0 bridgehead atoms. The average molecular weight is 368 g/mol. The SMILES string of the molecule is CCOC(=O)c1cc(=O)oc2c3c(c4ccccc4c12)OC(C)(C)C(O)C3. The van der Waals surface area contributed by atoms with E-state index >= 15 is 0 Å². The molecular formula is C21H20O6. The van der Waals surface area contributed by atoms with E-state index in [1.165, 1.54) is 0 Å². The van der Waals surface area contributed by atoms with Crippen LogP contribution < -0.4 is 10.4 Å². The van der Waals surface area contributed by atoms with Crippen LogP contribution in [0.3, 0.4) is 0 Å². The van der Waals surface area contributed by atoms with Gasteiger partial charge >= 0.3 is 11.6 Å². The zero-order valence-corrected chi connectivity index (χ0v) is 15.4. The van der Waals surface area contributed by atoms with E-state index in [1.807, 2.05) is 38.1 Å². The summed E-state index contributed by atoms with van der Waals surface area (Å²) < 4.78 is 16.7. The van der Waals surface area contributed by atoms with Crippen molar-refractivity contribution in [2.45, 2.75) is 38.9 Å². The van der Waals surface area contributed by atoms with E-state index in [0.29, 0.717) is 16.7 Å². The van der Waals surface area contributed by atoms with Gasteiger partial charge in [-0.15, -0.1) is 0 Å². The minimum atomic E-state index is -0.789. The highest BCUT2D eigenvalue weighted by Gasteiger charge is 2.38. The molecule has 0 spiro atoms. The Bertz CT molecular complexity index is 1120. The normalized spacial score (nSPS) is 18.1. The maximum absolute atomic E-state index is 12.5. The number of carbonyl (C=O) groups excluding carboxylic acids is 1. The molecule has 0 amide bonds. The smallest absolute Gasteiger partial charge is 0.339 e. The van der Waals surface area contributed by atoms with Gasteiger partial charge in [-0.25, -0.2) is 9.59 Å². The number of ether oxygens (including phenoxy) is 2. The molecule has 2 heterocycles. The van der Waals surface area contributed by atoms with Crippen LogP contribution in [0.15, 0.2) is 39.5 Å². The number of aliphatic hydroxyl groups excluding tert-OH is 1. The molecule has 27 heavy (non-hydrogen) atoms. The summed E-state index contributed by atoms with van der Waals surface area (Å²) in [5.41, 5.74) is -0.445. The quantitative estimate of drug-likeness (QED) is 0.425. The van der Waals surface area contributed by atoms with Crippen molar-refractivity contribution in [3.05, 3.63) is 51.9 Å². The highest BCUT2D eigenvalue weighted by molar-refractivity contribution is 6.17. The molecule has 2 aromatic carbocycles. The molecule has 0 aliphatic carbocycles. The highest BCUT2D eigenvalue weighted by Crippen LogP contribution is 2.44. The number of rotatable bonds is 2. The molecule has 6 heteroatoms. The van der Waals surface area contributed by atoms with Gasteiger partial charge in [-0.2, -0.15) is 0 Å². The zero-order chi connectivity index (χ0) is 19.3. The van der Waals surface area contributed by atoms with E-state index in [4.69, 9.17) is 13.9 Å². The lowest BCUT2D eigenvalue weighted by atomic mass is 9.87. The standard InChI is InChI=1S/C21H20O6/c1-4-25-20(24)13-10-16(23)26-19-14-9-15(22)21(2,3)27-18(14)12-8-6-5-7-11(12)17(13)19/h5-8,10,15,22H,4,9H2,1-3H3. The van der Waals surface area contributed by atoms with Gasteiger partial charge in [-0.1, -0.05) is 24.3 Å². The fraction of sp³-hybridized carbons (Fsp3) is 0.333. The van der Waals surface area contributed by atoms with Crippen molar-refractivity contribution in [2.24, 2.45) is 0 Å². The summed E-state index contributed by atoms with van der Waals surface area (Å²) in [6, 6.07) is 8.61. The van der Waals surface area contributed by atoms with E-state index in [1.54, 1.807) is 6.92 Å². The fourth-order valence-corrected chi connectivity index (χ4v) is 3.58. The topological polar surface area (TPSA) is 86.0 Å². The summed E-state index contributed by atoms with van der Waals surface area (Å²) in [7, 11) is 0. The number of benzene rings is 2. The molecule has 140 valence electrons. The van der Waals surface area contributed by atoms with Gasteiger partial charge in [0, 0.05) is 28.8 Å². The Morgan fingerprint density at radius 1 is 1.30 bits per heavy atom. The molecule has 4 rings (SSSR count). The van der Waals surface area contributed by atoms with Gasteiger partial charge in [-0.3, -0.25) is 0 Å². The summed E-state index contributed by atoms with van der Waals surface area (Å²) >= 11 is 0. The molecule has 0 fully saturated rings. The van der Waals surface area contributed by atoms with Crippen molar-refractivity contribution < 1.29 is 23.8 Å². The maximum Gasteiger partial charge on any atom is 0.339 e. The van der Waals surface area contributed by atoms with E-state index in [9.17, 15) is 14.7 Å². The first kappa shape index (κ1) is 17.5. The summed E-state index contributed by atoms with van der Waals surface area (Å²) in [6.07, 6.45) is -0.537. The first-order valence-electron chi connectivity index (χ1n) is 8.89. The first-order valence-corrected chi connectivity index (χ1v) is 8.89. The summed E-state index contributed by atoms with van der Waals surface area (Å²) in [6.45, 7) is 5.52. The maximum atomic E-state index is 12.5. The molecule has 1 aliphatic heterocycles. The third-order valence-corrected chi connectivity index (χ3v) is 5.01. The van der Waals surface area contributed by atoms with Gasteiger partial charge in [0.1, 0.15) is 16.9 Å². The molecule has 6 nitrogen and oxygen atoms in total. The Morgan fingerprint density at radius 3 is 2.70 bits per heavy atom. The molecule has 0 saturated heterocycles. The number of aliphatic hydroxyl groups is 1. The highest BCUT2D eigenvalue weighted by atomic mass is 16.5. The predicted octanol–water partition coefficient (Wildman–Crippen LogP) is 3.20. The second kappa shape index (κ2) is 6.09. The van der Waals surface area contributed by atoms with Crippen LogP contribution in [0.4, 0.5) is 0 Å². The van der Waals surface area contributed by atoms with Crippen molar-refractivity contribution in [3.8, 4) is 5.75 Å². The molecule has 0 saturated carbocycles. The Balaban J connectivity index is 2.18. The van der Waals surface area contributed by atoms with Crippen LogP contribution in [-0.2, 0) is 11.2 Å². The third kappa shape index (κ3) is 2.68. The molecule has 1 aromatic heterocycles. The molecule has 3 aromatic rings. The van der Waals surface area contributed by atoms with Gasteiger partial charge in [-0.05, 0) is 26.2 Å².